The van der Waals surface area contributed by atoms with E-state index in [0.717, 1.165) is 67.5 Å². The van der Waals surface area contributed by atoms with Crippen molar-refractivity contribution in [1.29, 1.82) is 5.26 Å². The molecule has 0 fully saturated rings. The maximum Gasteiger partial charge on any atom is 0.252 e. The molecule has 8 aromatic rings. The molecule has 0 unspecified atom stereocenters. The summed E-state index contributed by atoms with van der Waals surface area (Å²) in [5, 5.41) is 29.4. The molecular formula is C49H32BN3O2. The smallest absolute Gasteiger partial charge is 0.252 e. The van der Waals surface area contributed by atoms with Gasteiger partial charge >= 0.3 is 0 Å². The average molecular weight is 706 g/mol. The molecule has 0 atom stereocenters. The van der Waals surface area contributed by atoms with Gasteiger partial charge in [-0.3, -0.25) is 0 Å². The summed E-state index contributed by atoms with van der Waals surface area (Å²) in [6.07, 6.45) is 0. The third-order valence-corrected chi connectivity index (χ3v) is 10.9. The maximum absolute atomic E-state index is 9.89. The molecule has 0 bridgehead atoms. The van der Waals surface area contributed by atoms with Crippen LogP contribution in [0.2, 0.25) is 0 Å². The predicted octanol–water partition coefficient (Wildman–Crippen LogP) is 10.1. The van der Waals surface area contributed by atoms with E-state index >= 15 is 0 Å². The zero-order valence-electron chi connectivity index (χ0n) is 29.6. The highest BCUT2D eigenvalue weighted by molar-refractivity contribution is 7.00. The Bertz CT molecular complexity index is 2610. The van der Waals surface area contributed by atoms with Gasteiger partial charge in [-0.25, -0.2) is 0 Å². The fourth-order valence-electron chi connectivity index (χ4n) is 8.27. The Kier molecular flexibility index (Phi) is 7.53. The van der Waals surface area contributed by atoms with E-state index in [9.17, 15) is 15.5 Å². The zero-order valence-corrected chi connectivity index (χ0v) is 29.6. The molecule has 258 valence electrons. The van der Waals surface area contributed by atoms with E-state index in [4.69, 9.17) is 0 Å². The molecule has 0 radical (unpaired) electrons. The van der Waals surface area contributed by atoms with Crippen LogP contribution in [0, 0.1) is 11.3 Å². The SMILES string of the molecule is N#Cc1ccc(-c2cc3c4c(c2)N(c2ccc(-c5ccc(O)cc5)cc2)c2ccccc2B4c2ccccc2N3c2ccc(-c3ccc(O)cc3)cc2)cc1. The lowest BCUT2D eigenvalue weighted by atomic mass is 9.33. The van der Waals surface area contributed by atoms with Gasteiger partial charge in [0.25, 0.3) is 6.71 Å². The molecule has 55 heavy (non-hydrogen) atoms. The van der Waals surface area contributed by atoms with Crippen LogP contribution < -0.4 is 26.2 Å². The van der Waals surface area contributed by atoms with Crippen molar-refractivity contribution in [2.24, 2.45) is 0 Å². The Morgan fingerprint density at radius 1 is 0.400 bits per heavy atom. The molecule has 2 N–H and O–H groups in total. The number of nitriles is 1. The molecule has 0 saturated carbocycles. The van der Waals surface area contributed by atoms with Crippen molar-refractivity contribution in [2.75, 3.05) is 9.80 Å². The van der Waals surface area contributed by atoms with Crippen LogP contribution in [0.5, 0.6) is 11.5 Å². The van der Waals surface area contributed by atoms with Crippen LogP contribution in [-0.4, -0.2) is 16.9 Å². The molecule has 6 heteroatoms. The van der Waals surface area contributed by atoms with Crippen molar-refractivity contribution in [3.05, 3.63) is 188 Å². The van der Waals surface area contributed by atoms with Crippen LogP contribution in [0.4, 0.5) is 34.1 Å². The summed E-state index contributed by atoms with van der Waals surface area (Å²) in [5.41, 5.74) is 17.1. The van der Waals surface area contributed by atoms with E-state index in [1.165, 1.54) is 16.4 Å². The van der Waals surface area contributed by atoms with Gasteiger partial charge in [0.15, 0.2) is 0 Å². The van der Waals surface area contributed by atoms with Gasteiger partial charge in [0.05, 0.1) is 11.6 Å². The Morgan fingerprint density at radius 2 is 0.764 bits per heavy atom. The molecule has 8 aromatic carbocycles. The molecule has 5 nitrogen and oxygen atoms in total. The fraction of sp³-hybridized carbons (Fsp3) is 0. The molecule has 0 aromatic heterocycles. The van der Waals surface area contributed by atoms with Gasteiger partial charge in [-0.15, -0.1) is 0 Å². The van der Waals surface area contributed by atoms with E-state index < -0.39 is 0 Å². The van der Waals surface area contributed by atoms with Gasteiger partial charge in [0.1, 0.15) is 11.5 Å². The van der Waals surface area contributed by atoms with Gasteiger partial charge in [-0.1, -0.05) is 97.1 Å². The second-order valence-electron chi connectivity index (χ2n) is 14.0. The molecule has 2 aliphatic rings. The molecule has 10 rings (SSSR count). The van der Waals surface area contributed by atoms with Crippen LogP contribution in [0.25, 0.3) is 33.4 Å². The number of hydrogen-bond donors (Lipinski definition) is 2. The molecule has 2 heterocycles. The topological polar surface area (TPSA) is 70.7 Å². The zero-order chi connectivity index (χ0) is 37.0. The summed E-state index contributed by atoms with van der Waals surface area (Å²) < 4.78 is 0. The third kappa shape index (κ3) is 5.41. The van der Waals surface area contributed by atoms with Crippen LogP contribution >= 0.6 is 0 Å². The Balaban J connectivity index is 1.20. The number of fused-ring (bicyclic) bond motifs is 4. The molecular weight excluding hydrogens is 673 g/mol. The predicted molar refractivity (Wildman–Crippen MR) is 225 cm³/mol. The monoisotopic (exact) mass is 705 g/mol. The number of hydrogen-bond acceptors (Lipinski definition) is 5. The van der Waals surface area contributed by atoms with Crippen molar-refractivity contribution in [1.82, 2.24) is 0 Å². The van der Waals surface area contributed by atoms with Crippen LogP contribution in [0.3, 0.4) is 0 Å². The molecule has 0 spiro atoms. The largest absolute Gasteiger partial charge is 0.508 e. The third-order valence-electron chi connectivity index (χ3n) is 10.9. The van der Waals surface area contributed by atoms with Crippen LogP contribution in [0.1, 0.15) is 5.56 Å². The highest BCUT2D eigenvalue weighted by Gasteiger charge is 2.43. The van der Waals surface area contributed by atoms with Gasteiger partial charge < -0.3 is 20.0 Å². The van der Waals surface area contributed by atoms with E-state index in [2.05, 4.69) is 125 Å². The summed E-state index contributed by atoms with van der Waals surface area (Å²) in [6.45, 7) is -0.00699. The van der Waals surface area contributed by atoms with E-state index in [-0.39, 0.29) is 18.2 Å². The number of para-hydroxylation sites is 2. The lowest BCUT2D eigenvalue weighted by molar-refractivity contribution is 0.475. The first-order valence-corrected chi connectivity index (χ1v) is 18.3. The first-order chi connectivity index (χ1) is 27.0. The van der Waals surface area contributed by atoms with Crippen molar-refractivity contribution in [2.45, 2.75) is 0 Å². The summed E-state index contributed by atoms with van der Waals surface area (Å²) in [5.74, 6) is 0.492. The van der Waals surface area contributed by atoms with Gasteiger partial charge in [-0.05, 0) is 135 Å². The highest BCUT2D eigenvalue weighted by Crippen LogP contribution is 2.46. The average Bonchev–Trinajstić information content (AvgIpc) is 3.24. The summed E-state index contributed by atoms with van der Waals surface area (Å²) in [6, 6.07) is 64.1. The van der Waals surface area contributed by atoms with Gasteiger partial charge in [0, 0.05) is 34.1 Å². The lowest BCUT2D eigenvalue weighted by Crippen LogP contribution is -2.61. The molecule has 0 saturated heterocycles. The number of anilines is 6. The first kappa shape index (κ1) is 32.2. The van der Waals surface area contributed by atoms with E-state index in [0.29, 0.717) is 5.56 Å². The number of nitrogens with zero attached hydrogens (tertiary/aromatic N) is 3. The minimum Gasteiger partial charge on any atom is -0.508 e. The van der Waals surface area contributed by atoms with Gasteiger partial charge in [0.2, 0.25) is 0 Å². The first-order valence-electron chi connectivity index (χ1n) is 18.3. The lowest BCUT2D eigenvalue weighted by Gasteiger charge is -2.44. The number of aromatic hydroxyl groups is 2. The van der Waals surface area contributed by atoms with Crippen molar-refractivity contribution >= 4 is 57.2 Å². The maximum atomic E-state index is 9.89. The Morgan fingerprint density at radius 3 is 1.18 bits per heavy atom. The quantitative estimate of drug-likeness (QED) is 0.175. The second kappa shape index (κ2) is 12.9. The standard InChI is InChI=1S/C49H32BN3O2/c51-31-32-9-11-37(12-10-32)38-29-47-49-48(30-38)53(40-23-15-34(16-24-40)36-19-27-42(55)28-20-36)46-8-4-2-6-44(46)50(49)43-5-1-3-7-45(43)52(47)39-21-13-33(14-22-39)35-17-25-41(54)26-18-35/h1-30,54-55H. The normalized spacial score (nSPS) is 12.4. The van der Waals surface area contributed by atoms with E-state index in [1.54, 1.807) is 24.3 Å². The number of rotatable bonds is 5. The Hall–Kier alpha value is -7.49. The summed E-state index contributed by atoms with van der Waals surface area (Å²) in [4.78, 5) is 4.77. The molecule has 0 amide bonds. The van der Waals surface area contributed by atoms with Crippen molar-refractivity contribution < 1.29 is 10.2 Å². The fourth-order valence-corrected chi connectivity index (χ4v) is 8.27. The minimum atomic E-state index is -0.00699. The minimum absolute atomic E-state index is 0.00699. The number of phenols is 2. The highest BCUT2D eigenvalue weighted by atomic mass is 16.3. The molecule has 2 aliphatic heterocycles. The van der Waals surface area contributed by atoms with Gasteiger partial charge in [-0.2, -0.15) is 5.26 Å². The van der Waals surface area contributed by atoms with Crippen LogP contribution in [-0.2, 0) is 0 Å². The van der Waals surface area contributed by atoms with Crippen LogP contribution in [0.15, 0.2) is 182 Å². The van der Waals surface area contributed by atoms with Crippen molar-refractivity contribution in [3.63, 3.8) is 0 Å². The van der Waals surface area contributed by atoms with Crippen molar-refractivity contribution in [3.8, 4) is 50.9 Å². The molecule has 0 aliphatic carbocycles. The number of benzene rings is 8. The van der Waals surface area contributed by atoms with E-state index in [1.807, 2.05) is 48.5 Å². The summed E-state index contributed by atoms with van der Waals surface area (Å²) >= 11 is 0. The summed E-state index contributed by atoms with van der Waals surface area (Å²) in [7, 11) is 0. The Labute approximate surface area is 320 Å². The number of phenolic OH excluding ortho intramolecular Hbond substituents is 2. The second-order valence-corrected chi connectivity index (χ2v) is 14.0.